The predicted molar refractivity (Wildman–Crippen MR) is 46.9 cm³/mol. The molecule has 1 unspecified atom stereocenters. The molecule has 0 aromatic rings. The molecule has 0 saturated carbocycles. The van der Waals surface area contributed by atoms with Gasteiger partial charge in [0, 0.05) is 10.2 Å². The van der Waals surface area contributed by atoms with Gasteiger partial charge in [0.05, 0.1) is 5.71 Å². The maximum atomic E-state index is 8.38. The number of nitrogens with two attached hydrogens (primary N) is 1. The molecule has 0 amide bonds. The van der Waals surface area contributed by atoms with Gasteiger partial charge in [0.2, 0.25) is 0 Å². The minimum Gasteiger partial charge on any atom is -0.411 e. The molecule has 0 aliphatic rings. The van der Waals surface area contributed by atoms with E-state index in [1.54, 1.807) is 0 Å². The van der Waals surface area contributed by atoms with Crippen LogP contribution in [0.1, 0.15) is 19.8 Å². The van der Waals surface area contributed by atoms with Gasteiger partial charge >= 0.3 is 0 Å². The van der Waals surface area contributed by atoms with Gasteiger partial charge < -0.3 is 10.9 Å². The fourth-order valence-corrected chi connectivity index (χ4v) is 1.26. The van der Waals surface area contributed by atoms with Crippen molar-refractivity contribution >= 4 is 16.0 Å². The maximum Gasteiger partial charge on any atom is 0.0534 e. The van der Waals surface area contributed by atoms with Gasteiger partial charge in [0.15, 0.2) is 0 Å². The normalized spacial score (nSPS) is 15.6. The first-order valence-corrected chi connectivity index (χ1v) is 4.76. The van der Waals surface area contributed by atoms with Crippen molar-refractivity contribution in [3.8, 4) is 0 Å². The molecule has 0 heterocycles. The number of hydrogen-bond acceptors (Lipinski definition) is 3. The molecule has 0 saturated heterocycles. The lowest BCUT2D eigenvalue weighted by atomic mass is 10.2. The predicted octanol–water partition coefficient (Wildman–Crippen LogP) is -0.271. The van der Waals surface area contributed by atoms with Gasteiger partial charge in [-0.25, -0.2) is 0 Å². The highest BCUT2D eigenvalue weighted by Crippen LogP contribution is 2.09. The summed E-state index contributed by atoms with van der Waals surface area (Å²) in [5, 5.41) is 11.5. The van der Waals surface area contributed by atoms with Crippen molar-refractivity contribution in [2.75, 3.05) is 6.54 Å². The van der Waals surface area contributed by atoms with Crippen LogP contribution in [0.5, 0.6) is 0 Å². The largest absolute Gasteiger partial charge is 0.411 e. The molecule has 60 valence electrons. The van der Waals surface area contributed by atoms with E-state index in [1.807, 2.05) is 6.92 Å². The van der Waals surface area contributed by atoms with Gasteiger partial charge in [-0.3, -0.25) is 0 Å². The summed E-state index contributed by atoms with van der Waals surface area (Å²) in [4.78, 5) is 0. The maximum absolute atomic E-state index is 8.38. The molecule has 10 heavy (non-hydrogen) atoms. The minimum atomic E-state index is 0.494. The van der Waals surface area contributed by atoms with Crippen molar-refractivity contribution in [3.63, 3.8) is 0 Å². The van der Waals surface area contributed by atoms with Crippen LogP contribution in [-0.2, 0) is 0 Å². The van der Waals surface area contributed by atoms with Crippen molar-refractivity contribution in [2.24, 2.45) is 10.9 Å². The molecular formula is C6H16N2OSi. The Labute approximate surface area is 64.7 Å². The third kappa shape index (κ3) is 3.63. The van der Waals surface area contributed by atoms with Gasteiger partial charge in [-0.1, -0.05) is 5.16 Å². The average molecular weight is 160 g/mol. The molecule has 3 nitrogen and oxygen atoms in total. The molecule has 4 heteroatoms. The minimum absolute atomic E-state index is 0.494. The van der Waals surface area contributed by atoms with Crippen LogP contribution >= 0.6 is 0 Å². The SMILES string of the molecule is CC(=NO)C([SiH3])CCCN. The smallest absolute Gasteiger partial charge is 0.0534 e. The Morgan fingerprint density at radius 3 is 2.80 bits per heavy atom. The van der Waals surface area contributed by atoms with Crippen LogP contribution in [0.25, 0.3) is 0 Å². The quantitative estimate of drug-likeness (QED) is 0.257. The number of oxime groups is 1. The van der Waals surface area contributed by atoms with Gasteiger partial charge in [-0.05, 0) is 31.9 Å². The first kappa shape index (κ1) is 9.65. The average Bonchev–Trinajstić information content (AvgIpc) is 1.98. The van der Waals surface area contributed by atoms with E-state index < -0.39 is 0 Å². The summed E-state index contributed by atoms with van der Waals surface area (Å²) >= 11 is 0. The Bertz CT molecular complexity index is 116. The van der Waals surface area contributed by atoms with Crippen LogP contribution in [0.15, 0.2) is 5.16 Å². The molecule has 0 aliphatic heterocycles. The Kier molecular flexibility index (Phi) is 5.24. The van der Waals surface area contributed by atoms with Crippen molar-refractivity contribution in [1.82, 2.24) is 0 Å². The monoisotopic (exact) mass is 160 g/mol. The highest BCUT2D eigenvalue weighted by molar-refractivity contribution is 6.24. The molecule has 0 aliphatic carbocycles. The summed E-state index contributed by atoms with van der Waals surface area (Å²) in [6.07, 6.45) is 2.10. The topological polar surface area (TPSA) is 58.6 Å². The second kappa shape index (κ2) is 5.43. The molecule has 3 N–H and O–H groups in total. The Balaban J connectivity index is 3.51. The molecule has 0 aromatic heterocycles. The fourth-order valence-electron chi connectivity index (χ4n) is 0.731. The van der Waals surface area contributed by atoms with E-state index in [4.69, 9.17) is 10.9 Å². The van der Waals surface area contributed by atoms with Crippen molar-refractivity contribution < 1.29 is 5.21 Å². The number of rotatable bonds is 4. The standard InChI is InChI=1S/C6H16N2OSi/c1-5(8-9)6(10)3-2-4-7/h6,9H,2-4,7H2,1,10H3. The number of hydrogen-bond donors (Lipinski definition) is 2. The molecule has 0 fully saturated rings. The van der Waals surface area contributed by atoms with E-state index in [0.717, 1.165) is 35.3 Å². The third-order valence-corrected chi connectivity index (χ3v) is 3.13. The number of nitrogens with zero attached hydrogens (tertiary/aromatic N) is 1. The zero-order valence-corrected chi connectivity index (χ0v) is 8.67. The molecule has 0 aromatic carbocycles. The van der Waals surface area contributed by atoms with Crippen molar-refractivity contribution in [3.05, 3.63) is 0 Å². The van der Waals surface area contributed by atoms with Crippen molar-refractivity contribution in [1.29, 1.82) is 0 Å². The first-order chi connectivity index (χ1) is 4.72. The molecular weight excluding hydrogens is 144 g/mol. The van der Waals surface area contributed by atoms with E-state index in [-0.39, 0.29) is 0 Å². The second-order valence-corrected chi connectivity index (χ2v) is 3.97. The van der Waals surface area contributed by atoms with Gasteiger partial charge in [-0.2, -0.15) is 0 Å². The molecule has 0 radical (unpaired) electrons. The second-order valence-electron chi connectivity index (χ2n) is 2.57. The van der Waals surface area contributed by atoms with Crippen LogP contribution in [0.3, 0.4) is 0 Å². The third-order valence-electron chi connectivity index (χ3n) is 1.71. The molecule has 0 bridgehead atoms. The van der Waals surface area contributed by atoms with Gasteiger partial charge in [0.1, 0.15) is 0 Å². The fraction of sp³-hybridized carbons (Fsp3) is 0.833. The molecule has 0 spiro atoms. The summed E-state index contributed by atoms with van der Waals surface area (Å²) < 4.78 is 0. The first-order valence-electron chi connectivity index (χ1n) is 3.61. The Morgan fingerprint density at radius 1 is 1.80 bits per heavy atom. The Morgan fingerprint density at radius 2 is 2.40 bits per heavy atom. The van der Waals surface area contributed by atoms with E-state index in [1.165, 1.54) is 0 Å². The Hall–Kier alpha value is -0.353. The lowest BCUT2D eigenvalue weighted by molar-refractivity contribution is 0.317. The zero-order chi connectivity index (χ0) is 7.98. The van der Waals surface area contributed by atoms with Crippen LogP contribution in [0.4, 0.5) is 0 Å². The lowest BCUT2D eigenvalue weighted by Gasteiger charge is -2.07. The summed E-state index contributed by atoms with van der Waals surface area (Å²) in [5.41, 5.74) is 6.67. The van der Waals surface area contributed by atoms with Crippen LogP contribution in [0.2, 0.25) is 5.54 Å². The van der Waals surface area contributed by atoms with Gasteiger partial charge in [-0.15, -0.1) is 0 Å². The highest BCUT2D eigenvalue weighted by Gasteiger charge is 2.04. The van der Waals surface area contributed by atoms with Crippen LogP contribution < -0.4 is 5.73 Å². The zero-order valence-electron chi connectivity index (χ0n) is 6.67. The summed E-state index contributed by atoms with van der Waals surface area (Å²) in [6.45, 7) is 2.59. The van der Waals surface area contributed by atoms with Crippen molar-refractivity contribution in [2.45, 2.75) is 25.3 Å². The van der Waals surface area contributed by atoms with Gasteiger partial charge in [0.25, 0.3) is 0 Å². The van der Waals surface area contributed by atoms with E-state index in [2.05, 4.69) is 5.16 Å². The van der Waals surface area contributed by atoms with Crippen LogP contribution in [-0.4, -0.2) is 27.7 Å². The summed E-state index contributed by atoms with van der Waals surface area (Å²) in [5.74, 6) is 0. The summed E-state index contributed by atoms with van der Waals surface area (Å²) in [6, 6.07) is 0. The van der Waals surface area contributed by atoms with Crippen LogP contribution in [0, 0.1) is 0 Å². The molecule has 1 atom stereocenters. The van der Waals surface area contributed by atoms with E-state index >= 15 is 0 Å². The van der Waals surface area contributed by atoms with E-state index in [9.17, 15) is 0 Å². The van der Waals surface area contributed by atoms with E-state index in [0.29, 0.717) is 5.54 Å². The summed E-state index contributed by atoms with van der Waals surface area (Å²) in [7, 11) is 1.05. The molecule has 0 rings (SSSR count). The highest BCUT2D eigenvalue weighted by atomic mass is 28.1. The lowest BCUT2D eigenvalue weighted by Crippen LogP contribution is -2.07.